The Morgan fingerprint density at radius 3 is 2.70 bits per heavy atom. The van der Waals surface area contributed by atoms with Crippen LogP contribution in [0.2, 0.25) is 0 Å². The van der Waals surface area contributed by atoms with E-state index in [1.165, 1.54) is 6.07 Å². The van der Waals surface area contributed by atoms with Crippen LogP contribution in [0.15, 0.2) is 18.2 Å². The molecule has 0 fully saturated rings. The van der Waals surface area contributed by atoms with Crippen molar-refractivity contribution in [1.29, 1.82) is 0 Å². The molecular formula is C13H13F3N2O2. The fraction of sp³-hybridized carbons (Fsp3) is 0.308. The van der Waals surface area contributed by atoms with Gasteiger partial charge in [-0.15, -0.1) is 6.42 Å². The third-order valence-electron chi connectivity index (χ3n) is 2.33. The molecule has 1 aromatic carbocycles. The van der Waals surface area contributed by atoms with Crippen molar-refractivity contribution in [3.8, 4) is 18.1 Å². The Labute approximate surface area is 114 Å². The lowest BCUT2D eigenvalue weighted by atomic mass is 10.1. The molecular weight excluding hydrogens is 273 g/mol. The van der Waals surface area contributed by atoms with Gasteiger partial charge in [-0.1, -0.05) is 12.0 Å². The summed E-state index contributed by atoms with van der Waals surface area (Å²) in [6.45, 7) is -0.584. The van der Waals surface area contributed by atoms with Gasteiger partial charge in [-0.25, -0.2) is 0 Å². The van der Waals surface area contributed by atoms with Crippen LogP contribution in [0, 0.1) is 12.3 Å². The number of hydrogen-bond donors (Lipinski definition) is 2. The molecule has 1 amide bonds. The van der Waals surface area contributed by atoms with Gasteiger partial charge >= 0.3 is 6.18 Å². The normalized spacial score (nSPS) is 10.8. The zero-order valence-electron chi connectivity index (χ0n) is 10.5. The molecule has 0 aliphatic carbocycles. The molecule has 0 aliphatic rings. The minimum atomic E-state index is -4.59. The van der Waals surface area contributed by atoms with E-state index >= 15 is 0 Å². The SMILES string of the molecule is C#CCNC(=O)COc1ccc(CN)cc1C(F)(F)F. The van der Waals surface area contributed by atoms with Gasteiger partial charge in [0.2, 0.25) is 0 Å². The smallest absolute Gasteiger partial charge is 0.419 e. The number of halogens is 3. The Kier molecular flexibility index (Phi) is 5.41. The number of carbonyl (C=O) groups excluding carboxylic acids is 1. The standard InChI is InChI=1S/C13H13F3N2O2/c1-2-5-18-12(19)8-20-11-4-3-9(7-17)6-10(11)13(14,15)16/h1,3-4,6H,5,7-8,17H2,(H,18,19). The summed E-state index contributed by atoms with van der Waals surface area (Å²) < 4.78 is 43.4. The lowest BCUT2D eigenvalue weighted by Gasteiger charge is -2.14. The molecule has 7 heteroatoms. The van der Waals surface area contributed by atoms with Gasteiger partial charge in [0, 0.05) is 6.54 Å². The summed E-state index contributed by atoms with van der Waals surface area (Å²) in [4.78, 5) is 11.2. The fourth-order valence-corrected chi connectivity index (χ4v) is 1.40. The number of ether oxygens (including phenoxy) is 1. The summed E-state index contributed by atoms with van der Waals surface area (Å²) >= 11 is 0. The van der Waals surface area contributed by atoms with Crippen molar-refractivity contribution < 1.29 is 22.7 Å². The molecule has 0 saturated carbocycles. The maximum absolute atomic E-state index is 12.8. The van der Waals surface area contributed by atoms with E-state index in [-0.39, 0.29) is 13.1 Å². The average molecular weight is 286 g/mol. The molecule has 0 radical (unpaired) electrons. The third-order valence-corrected chi connectivity index (χ3v) is 2.33. The van der Waals surface area contributed by atoms with Crippen molar-refractivity contribution in [2.24, 2.45) is 5.73 Å². The molecule has 0 unspecified atom stereocenters. The van der Waals surface area contributed by atoms with Crippen molar-refractivity contribution in [3.63, 3.8) is 0 Å². The highest BCUT2D eigenvalue weighted by Gasteiger charge is 2.34. The number of nitrogens with one attached hydrogen (secondary N) is 1. The molecule has 1 rings (SSSR count). The van der Waals surface area contributed by atoms with Crippen molar-refractivity contribution in [1.82, 2.24) is 5.32 Å². The Balaban J connectivity index is 2.84. The maximum atomic E-state index is 12.8. The molecule has 0 aromatic heterocycles. The molecule has 3 N–H and O–H groups in total. The monoisotopic (exact) mass is 286 g/mol. The second-order valence-corrected chi connectivity index (χ2v) is 3.80. The zero-order valence-corrected chi connectivity index (χ0v) is 10.5. The first-order chi connectivity index (χ1) is 9.38. The van der Waals surface area contributed by atoms with E-state index in [1.807, 2.05) is 0 Å². The van der Waals surface area contributed by atoms with E-state index in [0.717, 1.165) is 12.1 Å². The van der Waals surface area contributed by atoms with E-state index < -0.39 is 30.0 Å². The van der Waals surface area contributed by atoms with Crippen molar-refractivity contribution in [3.05, 3.63) is 29.3 Å². The molecule has 0 spiro atoms. The van der Waals surface area contributed by atoms with Crippen LogP contribution in [-0.2, 0) is 17.5 Å². The van der Waals surface area contributed by atoms with Crippen LogP contribution in [0.5, 0.6) is 5.75 Å². The van der Waals surface area contributed by atoms with E-state index in [4.69, 9.17) is 16.9 Å². The van der Waals surface area contributed by atoms with Crippen LogP contribution in [0.1, 0.15) is 11.1 Å². The van der Waals surface area contributed by atoms with Crippen LogP contribution >= 0.6 is 0 Å². The minimum absolute atomic E-state index is 0.0135. The van der Waals surface area contributed by atoms with E-state index in [9.17, 15) is 18.0 Å². The molecule has 0 saturated heterocycles. The number of nitrogens with two attached hydrogens (primary N) is 1. The molecule has 0 aliphatic heterocycles. The number of rotatable bonds is 5. The van der Waals surface area contributed by atoms with Gasteiger partial charge in [0.1, 0.15) is 5.75 Å². The summed E-state index contributed by atoms with van der Waals surface area (Å²) in [5.74, 6) is 1.14. The van der Waals surface area contributed by atoms with Gasteiger partial charge in [0.05, 0.1) is 12.1 Å². The van der Waals surface area contributed by atoms with Gasteiger partial charge in [-0.3, -0.25) is 4.79 Å². The number of hydrogen-bond acceptors (Lipinski definition) is 3. The van der Waals surface area contributed by atoms with Gasteiger partial charge in [-0.2, -0.15) is 13.2 Å². The van der Waals surface area contributed by atoms with E-state index in [0.29, 0.717) is 5.56 Å². The summed E-state index contributed by atoms with van der Waals surface area (Å²) in [5, 5.41) is 2.28. The summed E-state index contributed by atoms with van der Waals surface area (Å²) in [5.41, 5.74) is 4.65. The summed E-state index contributed by atoms with van der Waals surface area (Å²) in [6.07, 6.45) is 0.344. The van der Waals surface area contributed by atoms with Crippen LogP contribution in [-0.4, -0.2) is 19.1 Å². The predicted octanol–water partition coefficient (Wildman–Crippen LogP) is 1.29. The van der Waals surface area contributed by atoms with Gasteiger partial charge in [-0.05, 0) is 17.7 Å². The van der Waals surface area contributed by atoms with Crippen molar-refractivity contribution >= 4 is 5.91 Å². The molecule has 20 heavy (non-hydrogen) atoms. The molecule has 0 bridgehead atoms. The summed E-state index contributed by atoms with van der Waals surface area (Å²) in [7, 11) is 0. The number of amides is 1. The highest BCUT2D eigenvalue weighted by molar-refractivity contribution is 5.77. The number of terminal acetylenes is 1. The Morgan fingerprint density at radius 1 is 1.45 bits per heavy atom. The predicted molar refractivity (Wildman–Crippen MR) is 66.7 cm³/mol. The number of alkyl halides is 3. The van der Waals surface area contributed by atoms with Gasteiger partial charge < -0.3 is 15.8 Å². The van der Waals surface area contributed by atoms with Crippen molar-refractivity contribution in [2.45, 2.75) is 12.7 Å². The molecule has 0 atom stereocenters. The highest BCUT2D eigenvalue weighted by atomic mass is 19.4. The molecule has 108 valence electrons. The average Bonchev–Trinajstić information content (AvgIpc) is 2.41. The largest absolute Gasteiger partial charge is 0.483 e. The Hall–Kier alpha value is -2.20. The van der Waals surface area contributed by atoms with Gasteiger partial charge in [0.15, 0.2) is 6.61 Å². The molecule has 1 aromatic rings. The summed E-state index contributed by atoms with van der Waals surface area (Å²) in [6, 6.07) is 3.44. The first-order valence-corrected chi connectivity index (χ1v) is 5.61. The van der Waals surface area contributed by atoms with Crippen LogP contribution < -0.4 is 15.8 Å². The number of carbonyl (C=O) groups is 1. The Bertz CT molecular complexity index is 521. The first kappa shape index (κ1) is 15.9. The van der Waals surface area contributed by atoms with E-state index in [2.05, 4.69) is 11.2 Å². The topological polar surface area (TPSA) is 64.3 Å². The lowest BCUT2D eigenvalue weighted by molar-refractivity contribution is -0.139. The molecule has 4 nitrogen and oxygen atoms in total. The number of benzene rings is 1. The van der Waals surface area contributed by atoms with Crippen LogP contribution in [0.25, 0.3) is 0 Å². The van der Waals surface area contributed by atoms with Crippen LogP contribution in [0.3, 0.4) is 0 Å². The van der Waals surface area contributed by atoms with Crippen LogP contribution in [0.4, 0.5) is 13.2 Å². The second-order valence-electron chi connectivity index (χ2n) is 3.80. The van der Waals surface area contributed by atoms with E-state index in [1.54, 1.807) is 0 Å². The minimum Gasteiger partial charge on any atom is -0.483 e. The van der Waals surface area contributed by atoms with Crippen molar-refractivity contribution in [2.75, 3.05) is 13.2 Å². The van der Waals surface area contributed by atoms with Gasteiger partial charge in [0.25, 0.3) is 5.91 Å². The lowest BCUT2D eigenvalue weighted by Crippen LogP contribution is -2.29. The molecule has 0 heterocycles. The fourth-order valence-electron chi connectivity index (χ4n) is 1.40. The Morgan fingerprint density at radius 2 is 2.15 bits per heavy atom. The highest BCUT2D eigenvalue weighted by Crippen LogP contribution is 2.36. The quantitative estimate of drug-likeness (QED) is 0.802. The third kappa shape index (κ3) is 4.48. The second kappa shape index (κ2) is 6.82. The zero-order chi connectivity index (χ0) is 15.2. The maximum Gasteiger partial charge on any atom is 0.419 e. The first-order valence-electron chi connectivity index (χ1n) is 5.61.